The van der Waals surface area contributed by atoms with Gasteiger partial charge in [-0.25, -0.2) is 8.42 Å². The smallest absolute Gasteiger partial charge is 0.308 e. The first-order valence-corrected chi connectivity index (χ1v) is 13.4. The summed E-state index contributed by atoms with van der Waals surface area (Å²) < 4.78 is 39.6. The van der Waals surface area contributed by atoms with Crippen molar-refractivity contribution >= 4 is 32.9 Å². The van der Waals surface area contributed by atoms with Crippen LogP contribution in [-0.4, -0.2) is 49.3 Å². The molecule has 1 amide bonds. The third-order valence-corrected chi connectivity index (χ3v) is 6.78. The summed E-state index contributed by atoms with van der Waals surface area (Å²) in [5.74, 6) is -0.847. The van der Waals surface area contributed by atoms with E-state index in [0.717, 1.165) is 0 Å². The lowest BCUT2D eigenvalue weighted by molar-refractivity contribution is -0.148. The van der Waals surface area contributed by atoms with E-state index >= 15 is 0 Å². The van der Waals surface area contributed by atoms with E-state index in [0.29, 0.717) is 29.6 Å². The molecule has 2 heterocycles. The molecule has 0 bridgehead atoms. The number of nitrogens with one attached hydrogen (secondary N) is 1. The fraction of sp³-hybridized carbons (Fsp3) is 0.423. The predicted octanol–water partition coefficient (Wildman–Crippen LogP) is 3.75. The minimum absolute atomic E-state index is 0.0286. The zero-order valence-corrected chi connectivity index (χ0v) is 21.8. The van der Waals surface area contributed by atoms with Gasteiger partial charge in [0.25, 0.3) is 0 Å². The number of furan rings is 1. The standard InChI is InChI=1S/C26H33N3O6S/c1-18(2)15-29(16-19(3)4)26(31)23(13-25(30)35-17-20-6-5-10-27-14-20)28-36(32,33)22-7-8-24-21(12-22)9-11-34-24/h5-12,14,18-19,23,28H,13,15-17H2,1-4H3/t23-/m0/s1. The summed E-state index contributed by atoms with van der Waals surface area (Å²) in [5.41, 5.74) is 1.23. The monoisotopic (exact) mass is 515 g/mol. The van der Waals surface area contributed by atoms with Crippen LogP contribution in [0.25, 0.3) is 11.0 Å². The molecule has 0 saturated carbocycles. The van der Waals surface area contributed by atoms with E-state index in [1.807, 2.05) is 27.7 Å². The van der Waals surface area contributed by atoms with Gasteiger partial charge in [-0.1, -0.05) is 33.8 Å². The van der Waals surface area contributed by atoms with Gasteiger partial charge in [-0.3, -0.25) is 14.6 Å². The van der Waals surface area contributed by atoms with Crippen molar-refractivity contribution in [2.24, 2.45) is 11.8 Å². The second kappa shape index (κ2) is 12.1. The number of aromatic nitrogens is 1. The van der Waals surface area contributed by atoms with E-state index in [2.05, 4.69) is 9.71 Å². The van der Waals surface area contributed by atoms with Crippen LogP contribution in [0.4, 0.5) is 0 Å². The zero-order valence-electron chi connectivity index (χ0n) is 21.0. The van der Waals surface area contributed by atoms with Crippen molar-refractivity contribution in [3.05, 3.63) is 60.6 Å². The van der Waals surface area contributed by atoms with Gasteiger partial charge >= 0.3 is 5.97 Å². The highest BCUT2D eigenvalue weighted by Gasteiger charge is 2.32. The van der Waals surface area contributed by atoms with Gasteiger partial charge in [0, 0.05) is 36.4 Å². The van der Waals surface area contributed by atoms with E-state index in [9.17, 15) is 18.0 Å². The molecule has 0 spiro atoms. The van der Waals surface area contributed by atoms with Crippen LogP contribution in [-0.2, 0) is 31.0 Å². The van der Waals surface area contributed by atoms with Gasteiger partial charge in [-0.05, 0) is 42.2 Å². The van der Waals surface area contributed by atoms with Crippen LogP contribution >= 0.6 is 0 Å². The molecule has 0 fully saturated rings. The Morgan fingerprint density at radius 3 is 2.44 bits per heavy atom. The average Bonchev–Trinajstić information content (AvgIpc) is 3.29. The van der Waals surface area contributed by atoms with Crippen molar-refractivity contribution in [1.82, 2.24) is 14.6 Å². The van der Waals surface area contributed by atoms with Gasteiger partial charge in [0.1, 0.15) is 18.2 Å². The molecule has 0 aliphatic heterocycles. The van der Waals surface area contributed by atoms with E-state index in [4.69, 9.17) is 9.15 Å². The molecule has 194 valence electrons. The van der Waals surface area contributed by atoms with Crippen LogP contribution < -0.4 is 4.72 Å². The number of nitrogens with zero attached hydrogens (tertiary/aromatic N) is 2. The summed E-state index contributed by atoms with van der Waals surface area (Å²) in [5, 5.41) is 0.609. The summed E-state index contributed by atoms with van der Waals surface area (Å²) in [6, 6.07) is 8.21. The molecule has 3 aromatic rings. The lowest BCUT2D eigenvalue weighted by Gasteiger charge is -2.30. The first kappa shape index (κ1) is 27.3. The fourth-order valence-electron chi connectivity index (χ4n) is 3.78. The maximum atomic E-state index is 13.6. The highest BCUT2D eigenvalue weighted by molar-refractivity contribution is 7.89. The van der Waals surface area contributed by atoms with Crippen molar-refractivity contribution in [3.8, 4) is 0 Å². The Labute approximate surface area is 211 Å². The Hall–Kier alpha value is -3.24. The number of carbonyl (C=O) groups excluding carboxylic acids is 2. The molecule has 0 radical (unpaired) electrons. The Kier molecular flexibility index (Phi) is 9.22. The lowest BCUT2D eigenvalue weighted by Crippen LogP contribution is -2.51. The normalized spacial score (nSPS) is 12.7. The summed E-state index contributed by atoms with van der Waals surface area (Å²) >= 11 is 0. The molecule has 0 aliphatic rings. The first-order chi connectivity index (χ1) is 17.0. The second-order valence-electron chi connectivity index (χ2n) is 9.55. The van der Waals surface area contributed by atoms with Crippen molar-refractivity contribution in [3.63, 3.8) is 0 Å². The number of fused-ring (bicyclic) bond motifs is 1. The lowest BCUT2D eigenvalue weighted by atomic mass is 10.1. The van der Waals surface area contributed by atoms with Gasteiger partial charge in [0.2, 0.25) is 15.9 Å². The van der Waals surface area contributed by atoms with Gasteiger partial charge in [0.15, 0.2) is 0 Å². The van der Waals surface area contributed by atoms with Gasteiger partial charge in [-0.15, -0.1) is 0 Å². The Morgan fingerprint density at radius 1 is 1.08 bits per heavy atom. The summed E-state index contributed by atoms with van der Waals surface area (Å²) in [6.07, 6.45) is 4.19. The molecule has 1 N–H and O–H groups in total. The van der Waals surface area contributed by atoms with Crippen LogP contribution in [0.5, 0.6) is 0 Å². The third-order valence-electron chi connectivity index (χ3n) is 5.31. The topological polar surface area (TPSA) is 119 Å². The maximum absolute atomic E-state index is 13.6. The number of ether oxygens (including phenoxy) is 1. The number of hydrogen-bond acceptors (Lipinski definition) is 7. The predicted molar refractivity (Wildman–Crippen MR) is 135 cm³/mol. The molecule has 1 atom stereocenters. The summed E-state index contributed by atoms with van der Waals surface area (Å²) in [6.45, 7) is 8.73. The van der Waals surface area contributed by atoms with Gasteiger partial charge < -0.3 is 14.1 Å². The zero-order chi connectivity index (χ0) is 26.3. The van der Waals surface area contributed by atoms with E-state index < -0.39 is 34.4 Å². The second-order valence-corrected chi connectivity index (χ2v) is 11.3. The summed E-state index contributed by atoms with van der Waals surface area (Å²) in [7, 11) is -4.13. The van der Waals surface area contributed by atoms with Crippen molar-refractivity contribution in [2.75, 3.05) is 13.1 Å². The van der Waals surface area contributed by atoms with E-state index in [1.54, 1.807) is 41.6 Å². The van der Waals surface area contributed by atoms with E-state index in [-0.39, 0.29) is 23.3 Å². The first-order valence-electron chi connectivity index (χ1n) is 11.9. The largest absolute Gasteiger partial charge is 0.464 e. The number of carbonyl (C=O) groups is 2. The van der Waals surface area contributed by atoms with E-state index in [1.165, 1.54) is 18.4 Å². The average molecular weight is 516 g/mol. The Balaban J connectivity index is 1.84. The molecule has 0 saturated heterocycles. The van der Waals surface area contributed by atoms with Crippen LogP contribution in [0.3, 0.4) is 0 Å². The van der Waals surface area contributed by atoms with Crippen LogP contribution in [0.15, 0.2) is 64.4 Å². The number of rotatable bonds is 12. The quantitative estimate of drug-likeness (QED) is 0.365. The molecule has 36 heavy (non-hydrogen) atoms. The number of benzene rings is 1. The molecule has 0 aliphatic carbocycles. The van der Waals surface area contributed by atoms with Gasteiger partial charge in [-0.2, -0.15) is 4.72 Å². The number of hydrogen-bond donors (Lipinski definition) is 1. The highest BCUT2D eigenvalue weighted by atomic mass is 32.2. The van der Waals surface area contributed by atoms with Crippen molar-refractivity contribution in [2.45, 2.75) is 51.7 Å². The number of esters is 1. The molecule has 1 aromatic carbocycles. The maximum Gasteiger partial charge on any atom is 0.308 e. The molecule has 0 unspecified atom stereocenters. The molecule has 2 aromatic heterocycles. The molecular weight excluding hydrogens is 482 g/mol. The van der Waals surface area contributed by atoms with Crippen molar-refractivity contribution in [1.29, 1.82) is 0 Å². The third kappa shape index (κ3) is 7.63. The van der Waals surface area contributed by atoms with Crippen LogP contribution in [0, 0.1) is 11.8 Å². The SMILES string of the molecule is CC(C)CN(CC(C)C)C(=O)[C@H](CC(=O)OCc1cccnc1)NS(=O)(=O)c1ccc2occc2c1. The van der Waals surface area contributed by atoms with Crippen LogP contribution in [0.2, 0.25) is 0 Å². The van der Waals surface area contributed by atoms with Crippen molar-refractivity contribution < 1.29 is 27.2 Å². The van der Waals surface area contributed by atoms with Gasteiger partial charge in [0.05, 0.1) is 17.6 Å². The molecule has 10 heteroatoms. The minimum atomic E-state index is -4.13. The number of pyridine rings is 1. The fourth-order valence-corrected chi connectivity index (χ4v) is 5.00. The molecule has 3 rings (SSSR count). The number of sulfonamides is 1. The summed E-state index contributed by atoms with van der Waals surface area (Å²) in [4.78, 5) is 31.8. The minimum Gasteiger partial charge on any atom is -0.464 e. The Morgan fingerprint density at radius 2 is 1.81 bits per heavy atom. The van der Waals surface area contributed by atoms with Crippen LogP contribution in [0.1, 0.15) is 39.7 Å². The number of amides is 1. The molecule has 9 nitrogen and oxygen atoms in total. The highest BCUT2D eigenvalue weighted by Crippen LogP contribution is 2.21. The Bertz CT molecular complexity index is 1260. The molecular formula is C26H33N3O6S.